The Bertz CT molecular complexity index is 320. The van der Waals surface area contributed by atoms with E-state index in [4.69, 9.17) is 0 Å². The van der Waals surface area contributed by atoms with Gasteiger partial charge in [0.25, 0.3) is 0 Å². The minimum atomic E-state index is -0.199. The third-order valence-corrected chi connectivity index (χ3v) is 2.24. The van der Waals surface area contributed by atoms with Crippen molar-refractivity contribution in [3.05, 3.63) is 47.8 Å². The fourth-order valence-electron chi connectivity index (χ4n) is 1.49. The highest BCUT2D eigenvalue weighted by atomic mass is 19.1. The van der Waals surface area contributed by atoms with Crippen LogP contribution in [0.5, 0.6) is 0 Å². The first kappa shape index (κ1) is 10.9. The summed E-state index contributed by atoms with van der Waals surface area (Å²) >= 11 is 0. The summed E-state index contributed by atoms with van der Waals surface area (Å²) in [5, 5.41) is 3.23. The van der Waals surface area contributed by atoms with Crippen LogP contribution in [-0.2, 0) is 0 Å². The molecule has 0 amide bonds. The highest BCUT2D eigenvalue weighted by Gasteiger charge is 2.09. The zero-order valence-corrected chi connectivity index (χ0v) is 8.68. The van der Waals surface area contributed by atoms with Crippen molar-refractivity contribution in [1.29, 1.82) is 0 Å². The molecule has 1 N–H and O–H groups in total. The van der Waals surface area contributed by atoms with Gasteiger partial charge in [-0.2, -0.15) is 0 Å². The molecule has 1 unspecified atom stereocenters. The minimum absolute atomic E-state index is 0.0377. The van der Waals surface area contributed by atoms with E-state index >= 15 is 0 Å². The first-order chi connectivity index (χ1) is 6.69. The molecule has 1 nitrogen and oxygen atoms in total. The third kappa shape index (κ3) is 2.42. The second-order valence-electron chi connectivity index (χ2n) is 3.27. The highest BCUT2D eigenvalue weighted by molar-refractivity contribution is 5.31. The summed E-state index contributed by atoms with van der Waals surface area (Å²) in [5.41, 5.74) is 2.04. The summed E-state index contributed by atoms with van der Waals surface area (Å²) in [6.45, 7) is 8.58. The fourth-order valence-corrected chi connectivity index (χ4v) is 1.49. The Morgan fingerprint density at radius 2 is 2.29 bits per heavy atom. The lowest BCUT2D eigenvalue weighted by Crippen LogP contribution is -2.19. The maximum Gasteiger partial charge on any atom is 0.123 e. The summed E-state index contributed by atoms with van der Waals surface area (Å²) in [6, 6.07) is 4.86. The quantitative estimate of drug-likeness (QED) is 0.725. The van der Waals surface area contributed by atoms with E-state index in [-0.39, 0.29) is 11.9 Å². The van der Waals surface area contributed by atoms with E-state index in [1.807, 2.05) is 13.8 Å². The first-order valence-electron chi connectivity index (χ1n) is 4.81. The molecule has 0 aliphatic heterocycles. The molecule has 0 bridgehead atoms. The molecule has 0 aliphatic rings. The van der Waals surface area contributed by atoms with Gasteiger partial charge in [0.05, 0.1) is 6.04 Å². The van der Waals surface area contributed by atoms with Crippen LogP contribution in [0.15, 0.2) is 30.9 Å². The van der Waals surface area contributed by atoms with Crippen LogP contribution in [-0.4, -0.2) is 6.54 Å². The number of aryl methyl sites for hydroxylation is 1. The van der Waals surface area contributed by atoms with Gasteiger partial charge in [0.2, 0.25) is 0 Å². The number of rotatable bonds is 4. The number of nitrogens with one attached hydrogen (secondary N) is 1. The van der Waals surface area contributed by atoms with Crippen LogP contribution in [0.3, 0.4) is 0 Å². The van der Waals surface area contributed by atoms with E-state index in [0.29, 0.717) is 0 Å². The molecule has 1 aromatic carbocycles. The molecule has 0 heterocycles. The van der Waals surface area contributed by atoms with Crippen molar-refractivity contribution < 1.29 is 4.39 Å². The van der Waals surface area contributed by atoms with Crippen LogP contribution in [0.25, 0.3) is 0 Å². The topological polar surface area (TPSA) is 12.0 Å². The Labute approximate surface area is 84.6 Å². The molecule has 1 atom stereocenters. The Kier molecular flexibility index (Phi) is 3.84. The van der Waals surface area contributed by atoms with Crippen LogP contribution in [0.4, 0.5) is 4.39 Å². The number of halogens is 1. The fraction of sp³-hybridized carbons (Fsp3) is 0.333. The monoisotopic (exact) mass is 193 g/mol. The Hall–Kier alpha value is -1.15. The van der Waals surface area contributed by atoms with Gasteiger partial charge < -0.3 is 5.32 Å². The van der Waals surface area contributed by atoms with Crippen molar-refractivity contribution in [1.82, 2.24) is 5.32 Å². The molecule has 0 spiro atoms. The predicted octanol–water partition coefficient (Wildman–Crippen LogP) is 2.97. The van der Waals surface area contributed by atoms with Crippen LogP contribution in [0.1, 0.15) is 24.1 Å². The van der Waals surface area contributed by atoms with Gasteiger partial charge in [0.1, 0.15) is 5.82 Å². The molecule has 0 aromatic heterocycles. The van der Waals surface area contributed by atoms with Crippen molar-refractivity contribution in [3.63, 3.8) is 0 Å². The van der Waals surface area contributed by atoms with Crippen molar-refractivity contribution >= 4 is 0 Å². The summed E-state index contributed by atoms with van der Waals surface area (Å²) in [6.07, 6.45) is 1.80. The van der Waals surface area contributed by atoms with Crippen LogP contribution in [0, 0.1) is 12.7 Å². The van der Waals surface area contributed by atoms with E-state index in [1.54, 1.807) is 18.2 Å². The van der Waals surface area contributed by atoms with Crippen LogP contribution >= 0.6 is 0 Å². The van der Waals surface area contributed by atoms with Crippen LogP contribution in [0.2, 0.25) is 0 Å². The molecular weight excluding hydrogens is 177 g/mol. The van der Waals surface area contributed by atoms with Crippen molar-refractivity contribution in [3.8, 4) is 0 Å². The lowest BCUT2D eigenvalue weighted by Gasteiger charge is -2.16. The SMILES string of the molecule is C=CC(NCC)c1cc(F)ccc1C. The van der Waals surface area contributed by atoms with E-state index in [1.165, 1.54) is 6.07 Å². The number of hydrogen-bond donors (Lipinski definition) is 1. The smallest absolute Gasteiger partial charge is 0.123 e. The standard InChI is InChI=1S/C12H16FN/c1-4-12(14-5-2)11-8-10(13)7-6-9(11)3/h4,6-8,12,14H,1,5H2,2-3H3. The molecule has 14 heavy (non-hydrogen) atoms. The maximum atomic E-state index is 13.0. The summed E-state index contributed by atoms with van der Waals surface area (Å²) in [5.74, 6) is -0.199. The van der Waals surface area contributed by atoms with E-state index in [0.717, 1.165) is 17.7 Å². The normalized spacial score (nSPS) is 12.5. The van der Waals surface area contributed by atoms with Gasteiger partial charge in [-0.15, -0.1) is 6.58 Å². The van der Waals surface area contributed by atoms with Gasteiger partial charge >= 0.3 is 0 Å². The highest BCUT2D eigenvalue weighted by Crippen LogP contribution is 2.19. The van der Waals surface area contributed by atoms with E-state index < -0.39 is 0 Å². The van der Waals surface area contributed by atoms with Gasteiger partial charge in [-0.05, 0) is 36.7 Å². The molecule has 0 fully saturated rings. The summed E-state index contributed by atoms with van der Waals surface area (Å²) in [7, 11) is 0. The zero-order chi connectivity index (χ0) is 10.6. The molecule has 1 aromatic rings. The lowest BCUT2D eigenvalue weighted by molar-refractivity contribution is 0.608. The molecule has 1 rings (SSSR count). The average molecular weight is 193 g/mol. The van der Waals surface area contributed by atoms with E-state index in [2.05, 4.69) is 11.9 Å². The zero-order valence-electron chi connectivity index (χ0n) is 8.68. The molecular formula is C12H16FN. The van der Waals surface area contributed by atoms with Gasteiger partial charge in [0, 0.05) is 0 Å². The second kappa shape index (κ2) is 4.91. The lowest BCUT2D eigenvalue weighted by atomic mass is 10.0. The predicted molar refractivity (Wildman–Crippen MR) is 57.8 cm³/mol. The van der Waals surface area contributed by atoms with Gasteiger partial charge in [-0.1, -0.05) is 19.1 Å². The Morgan fingerprint density at radius 3 is 2.86 bits per heavy atom. The van der Waals surface area contributed by atoms with Crippen LogP contribution < -0.4 is 5.32 Å². The molecule has 0 saturated heterocycles. The van der Waals surface area contributed by atoms with Gasteiger partial charge in [-0.25, -0.2) is 4.39 Å². The molecule has 0 saturated carbocycles. The summed E-state index contributed by atoms with van der Waals surface area (Å²) < 4.78 is 13.0. The minimum Gasteiger partial charge on any atom is -0.307 e. The maximum absolute atomic E-state index is 13.0. The molecule has 0 radical (unpaired) electrons. The van der Waals surface area contributed by atoms with Gasteiger partial charge in [-0.3, -0.25) is 0 Å². The molecule has 76 valence electrons. The molecule has 2 heteroatoms. The number of hydrogen-bond acceptors (Lipinski definition) is 1. The second-order valence-corrected chi connectivity index (χ2v) is 3.27. The van der Waals surface area contributed by atoms with Gasteiger partial charge in [0.15, 0.2) is 0 Å². The number of likely N-dealkylation sites (N-methyl/N-ethyl adjacent to an activating group) is 1. The van der Waals surface area contributed by atoms with E-state index in [9.17, 15) is 4.39 Å². The average Bonchev–Trinajstić information content (AvgIpc) is 2.18. The number of benzene rings is 1. The first-order valence-corrected chi connectivity index (χ1v) is 4.81. The molecule has 0 aliphatic carbocycles. The Morgan fingerprint density at radius 1 is 1.57 bits per heavy atom. The Balaban J connectivity index is 3.01. The third-order valence-electron chi connectivity index (χ3n) is 2.24. The van der Waals surface area contributed by atoms with Crippen molar-refractivity contribution in [2.24, 2.45) is 0 Å². The van der Waals surface area contributed by atoms with Crippen molar-refractivity contribution in [2.75, 3.05) is 6.54 Å². The van der Waals surface area contributed by atoms with Crippen molar-refractivity contribution in [2.45, 2.75) is 19.9 Å². The largest absolute Gasteiger partial charge is 0.307 e. The summed E-state index contributed by atoms with van der Waals surface area (Å²) in [4.78, 5) is 0.